The van der Waals surface area contributed by atoms with Crippen LogP contribution in [0.4, 0.5) is 0 Å². The van der Waals surface area contributed by atoms with Gasteiger partial charge < -0.3 is 10.2 Å². The van der Waals surface area contributed by atoms with E-state index in [9.17, 15) is 13.2 Å². The molecule has 0 saturated carbocycles. The van der Waals surface area contributed by atoms with Gasteiger partial charge in [-0.2, -0.15) is 0 Å². The van der Waals surface area contributed by atoms with E-state index in [4.69, 9.17) is 0 Å². The second-order valence-electron chi connectivity index (χ2n) is 7.34. The summed E-state index contributed by atoms with van der Waals surface area (Å²) in [5, 5.41) is 2.85. The Kier molecular flexibility index (Phi) is 8.82. The zero-order valence-electron chi connectivity index (χ0n) is 17.4. The minimum atomic E-state index is -3.61. The number of carbonyl (C=O) groups excluding carboxylic acids is 1. The Morgan fingerprint density at radius 1 is 1.03 bits per heavy atom. The number of nitrogens with zero attached hydrogens (tertiary/aromatic N) is 1. The number of rotatable bonds is 11. The first-order chi connectivity index (χ1) is 13.8. The third-order valence-corrected chi connectivity index (χ3v) is 6.21. The molecule has 2 rings (SSSR count). The lowest BCUT2D eigenvalue weighted by Gasteiger charge is -2.16. The van der Waals surface area contributed by atoms with E-state index in [0.717, 1.165) is 25.1 Å². The van der Waals surface area contributed by atoms with Crippen molar-refractivity contribution >= 4 is 15.9 Å². The van der Waals surface area contributed by atoms with Crippen LogP contribution in [-0.4, -0.2) is 45.9 Å². The fourth-order valence-electron chi connectivity index (χ4n) is 3.01. The lowest BCUT2D eigenvalue weighted by atomic mass is 10.2. The molecule has 6 nitrogen and oxygen atoms in total. The minimum Gasteiger partial charge on any atom is -0.356 e. The quantitative estimate of drug-likeness (QED) is 0.551. The first kappa shape index (κ1) is 23.1. The first-order valence-electron chi connectivity index (χ1n) is 9.84. The number of hydrogen-bond donors (Lipinski definition) is 2. The van der Waals surface area contributed by atoms with E-state index in [0.29, 0.717) is 12.1 Å². The van der Waals surface area contributed by atoms with Crippen molar-refractivity contribution in [3.05, 3.63) is 65.2 Å². The summed E-state index contributed by atoms with van der Waals surface area (Å²) in [7, 11) is -1.56. The standard InChI is InChI=1S/C22H31N3O3S/c1-18-10-11-19(2)21(16-18)29(27,28)24-14-12-22(26)23-13-7-15-25(3)17-20-8-5-4-6-9-20/h4-6,8-11,16,24H,7,12-15,17H2,1-3H3,(H,23,26). The van der Waals surface area contributed by atoms with E-state index < -0.39 is 10.0 Å². The average molecular weight is 418 g/mol. The van der Waals surface area contributed by atoms with Gasteiger partial charge in [0.1, 0.15) is 0 Å². The molecule has 0 saturated heterocycles. The molecule has 0 unspecified atom stereocenters. The molecule has 2 N–H and O–H groups in total. The summed E-state index contributed by atoms with van der Waals surface area (Å²) in [5.74, 6) is -0.153. The molecule has 2 aromatic carbocycles. The number of benzene rings is 2. The minimum absolute atomic E-state index is 0.0788. The monoisotopic (exact) mass is 417 g/mol. The second kappa shape index (κ2) is 11.1. The highest BCUT2D eigenvalue weighted by molar-refractivity contribution is 7.89. The van der Waals surface area contributed by atoms with Gasteiger partial charge in [0, 0.05) is 26.1 Å². The van der Waals surface area contributed by atoms with Crippen molar-refractivity contribution in [2.24, 2.45) is 0 Å². The predicted molar refractivity (Wildman–Crippen MR) is 116 cm³/mol. The largest absolute Gasteiger partial charge is 0.356 e. The van der Waals surface area contributed by atoms with Crippen molar-refractivity contribution in [2.45, 2.75) is 38.1 Å². The van der Waals surface area contributed by atoms with E-state index >= 15 is 0 Å². The lowest BCUT2D eigenvalue weighted by molar-refractivity contribution is -0.120. The Labute approximate surface area is 174 Å². The highest BCUT2D eigenvalue weighted by atomic mass is 32.2. The zero-order valence-corrected chi connectivity index (χ0v) is 18.3. The SMILES string of the molecule is Cc1ccc(C)c(S(=O)(=O)NCCC(=O)NCCCN(C)Cc2ccccc2)c1. The Morgan fingerprint density at radius 2 is 1.76 bits per heavy atom. The van der Waals surface area contributed by atoms with Gasteiger partial charge in [-0.1, -0.05) is 42.5 Å². The summed E-state index contributed by atoms with van der Waals surface area (Å²) in [6.45, 7) is 6.00. The number of nitrogens with one attached hydrogen (secondary N) is 2. The lowest BCUT2D eigenvalue weighted by Crippen LogP contribution is -2.32. The van der Waals surface area contributed by atoms with Crippen LogP contribution in [0.15, 0.2) is 53.4 Å². The summed E-state index contributed by atoms with van der Waals surface area (Å²) >= 11 is 0. The molecule has 0 heterocycles. The van der Waals surface area contributed by atoms with Crippen LogP contribution < -0.4 is 10.0 Å². The number of hydrogen-bond acceptors (Lipinski definition) is 4. The maximum atomic E-state index is 12.4. The van der Waals surface area contributed by atoms with Crippen molar-refractivity contribution in [3.8, 4) is 0 Å². The molecule has 0 aliphatic rings. The van der Waals surface area contributed by atoms with Crippen molar-refractivity contribution < 1.29 is 13.2 Å². The topological polar surface area (TPSA) is 78.5 Å². The maximum Gasteiger partial charge on any atom is 0.240 e. The van der Waals surface area contributed by atoms with Gasteiger partial charge in [-0.25, -0.2) is 13.1 Å². The Morgan fingerprint density at radius 3 is 2.48 bits per heavy atom. The fourth-order valence-corrected chi connectivity index (χ4v) is 4.37. The number of aryl methyl sites for hydroxylation is 2. The van der Waals surface area contributed by atoms with Crippen LogP contribution in [0.25, 0.3) is 0 Å². The molecule has 0 atom stereocenters. The molecule has 158 valence electrons. The van der Waals surface area contributed by atoms with Crippen LogP contribution in [0.5, 0.6) is 0 Å². The fraction of sp³-hybridized carbons (Fsp3) is 0.409. The average Bonchev–Trinajstić information content (AvgIpc) is 2.67. The molecule has 0 aliphatic heterocycles. The van der Waals surface area contributed by atoms with E-state index in [2.05, 4.69) is 34.1 Å². The Hall–Kier alpha value is -2.22. The summed E-state index contributed by atoms with van der Waals surface area (Å²) in [6.07, 6.45) is 0.952. The normalized spacial score (nSPS) is 11.6. The zero-order chi connectivity index (χ0) is 21.3. The van der Waals surface area contributed by atoms with Gasteiger partial charge in [0.25, 0.3) is 0 Å². The van der Waals surface area contributed by atoms with E-state index in [-0.39, 0.29) is 23.8 Å². The van der Waals surface area contributed by atoms with Crippen molar-refractivity contribution in [1.29, 1.82) is 0 Å². The summed E-state index contributed by atoms with van der Waals surface area (Å²) in [4.78, 5) is 14.4. The van der Waals surface area contributed by atoms with Crippen LogP contribution in [-0.2, 0) is 21.4 Å². The van der Waals surface area contributed by atoms with E-state index in [1.165, 1.54) is 5.56 Å². The molecular formula is C22H31N3O3S. The molecule has 0 aromatic heterocycles. The van der Waals surface area contributed by atoms with Crippen LogP contribution in [0, 0.1) is 13.8 Å². The van der Waals surface area contributed by atoms with Crippen molar-refractivity contribution in [3.63, 3.8) is 0 Å². The highest BCUT2D eigenvalue weighted by Crippen LogP contribution is 2.16. The molecule has 0 spiro atoms. The van der Waals surface area contributed by atoms with Crippen LogP contribution in [0.2, 0.25) is 0 Å². The summed E-state index contributed by atoms with van der Waals surface area (Å²) in [5.41, 5.74) is 2.83. The smallest absolute Gasteiger partial charge is 0.240 e. The van der Waals surface area contributed by atoms with Crippen molar-refractivity contribution in [2.75, 3.05) is 26.7 Å². The Balaban J connectivity index is 1.65. The van der Waals surface area contributed by atoms with Gasteiger partial charge >= 0.3 is 0 Å². The third kappa shape index (κ3) is 7.97. The Bertz CT molecular complexity index is 899. The van der Waals surface area contributed by atoms with Crippen LogP contribution in [0.3, 0.4) is 0 Å². The van der Waals surface area contributed by atoms with E-state index in [1.807, 2.05) is 31.2 Å². The molecule has 1 amide bonds. The predicted octanol–water partition coefficient (Wildman–Crippen LogP) is 2.61. The van der Waals surface area contributed by atoms with Gasteiger partial charge in [-0.3, -0.25) is 4.79 Å². The summed E-state index contributed by atoms with van der Waals surface area (Å²) in [6, 6.07) is 15.5. The molecule has 7 heteroatoms. The highest BCUT2D eigenvalue weighted by Gasteiger charge is 2.16. The number of sulfonamides is 1. The van der Waals surface area contributed by atoms with Crippen LogP contribution >= 0.6 is 0 Å². The summed E-state index contributed by atoms with van der Waals surface area (Å²) < 4.78 is 27.4. The van der Waals surface area contributed by atoms with E-state index in [1.54, 1.807) is 19.1 Å². The van der Waals surface area contributed by atoms with Gasteiger partial charge in [-0.05, 0) is 56.6 Å². The van der Waals surface area contributed by atoms with Gasteiger partial charge in [-0.15, -0.1) is 0 Å². The molecule has 29 heavy (non-hydrogen) atoms. The second-order valence-corrected chi connectivity index (χ2v) is 9.08. The number of carbonyl (C=O) groups is 1. The van der Waals surface area contributed by atoms with Gasteiger partial charge in [0.15, 0.2) is 0 Å². The molecule has 0 radical (unpaired) electrons. The van der Waals surface area contributed by atoms with Gasteiger partial charge in [0.2, 0.25) is 15.9 Å². The van der Waals surface area contributed by atoms with Crippen molar-refractivity contribution in [1.82, 2.24) is 14.9 Å². The maximum absolute atomic E-state index is 12.4. The van der Waals surface area contributed by atoms with Crippen LogP contribution in [0.1, 0.15) is 29.5 Å². The molecule has 2 aromatic rings. The van der Waals surface area contributed by atoms with Gasteiger partial charge in [0.05, 0.1) is 4.90 Å². The molecule has 0 aliphatic carbocycles. The first-order valence-corrected chi connectivity index (χ1v) is 11.3. The number of amides is 1. The molecule has 0 bridgehead atoms. The molecule has 0 fully saturated rings. The third-order valence-electron chi connectivity index (χ3n) is 4.61. The molecular weight excluding hydrogens is 386 g/mol.